The molecule has 0 N–H and O–H groups in total. The summed E-state index contributed by atoms with van der Waals surface area (Å²) in [5.74, 6) is 0. The van der Waals surface area contributed by atoms with Crippen LogP contribution in [0.4, 0.5) is 0 Å². The summed E-state index contributed by atoms with van der Waals surface area (Å²) in [6.07, 6.45) is 3.50. The van der Waals surface area contributed by atoms with Crippen molar-refractivity contribution in [3.05, 3.63) is 41.0 Å². The number of hydrogen-bond acceptors (Lipinski definition) is 2. The summed E-state index contributed by atoms with van der Waals surface area (Å²) in [6.45, 7) is 6.05. The van der Waals surface area contributed by atoms with Gasteiger partial charge in [-0.15, -0.1) is 0 Å². The Labute approximate surface area is 110 Å². The first kappa shape index (κ1) is 12.7. The van der Waals surface area contributed by atoms with Crippen LogP contribution in [0.25, 0.3) is 0 Å². The van der Waals surface area contributed by atoms with Gasteiger partial charge in [-0.2, -0.15) is 0 Å². The van der Waals surface area contributed by atoms with E-state index in [9.17, 15) is 0 Å². The number of morpholine rings is 1. The van der Waals surface area contributed by atoms with E-state index in [1.54, 1.807) is 4.47 Å². The summed E-state index contributed by atoms with van der Waals surface area (Å²) in [4.78, 5) is 2.40. The standard InChI is InChI=1S/C14H19NOSe/c1-2-13(12-15-8-10-16-11-9-15)17-14-6-4-3-5-7-14/h3-7,12H,2,8-11H2,1H3/b13-12+. The Morgan fingerprint density at radius 2 is 2.00 bits per heavy atom. The van der Waals surface area contributed by atoms with E-state index < -0.39 is 0 Å². The molecule has 0 aromatic heterocycles. The van der Waals surface area contributed by atoms with E-state index in [0.717, 1.165) is 32.7 Å². The Bertz CT molecular complexity index is 358. The Morgan fingerprint density at radius 1 is 1.29 bits per heavy atom. The number of benzene rings is 1. The normalized spacial score (nSPS) is 17.2. The van der Waals surface area contributed by atoms with Crippen LogP contribution in [0.1, 0.15) is 13.3 Å². The van der Waals surface area contributed by atoms with Crippen molar-refractivity contribution in [1.82, 2.24) is 4.90 Å². The summed E-state index contributed by atoms with van der Waals surface area (Å²) in [5, 5.41) is 0. The molecule has 17 heavy (non-hydrogen) atoms. The van der Waals surface area contributed by atoms with Crippen LogP contribution in [-0.2, 0) is 4.74 Å². The molecule has 0 unspecified atom stereocenters. The predicted octanol–water partition coefficient (Wildman–Crippen LogP) is 1.60. The van der Waals surface area contributed by atoms with Crippen LogP contribution < -0.4 is 4.46 Å². The summed E-state index contributed by atoms with van der Waals surface area (Å²) < 4.78 is 8.39. The third-order valence-electron chi connectivity index (χ3n) is 2.71. The Balaban J connectivity index is 1.98. The number of ether oxygens (including phenoxy) is 1. The van der Waals surface area contributed by atoms with Crippen molar-refractivity contribution >= 4 is 19.4 Å². The fourth-order valence-electron chi connectivity index (χ4n) is 1.74. The Kier molecular flexibility index (Phi) is 5.11. The van der Waals surface area contributed by atoms with Crippen molar-refractivity contribution in [3.63, 3.8) is 0 Å². The van der Waals surface area contributed by atoms with Gasteiger partial charge in [0.2, 0.25) is 0 Å². The van der Waals surface area contributed by atoms with Crippen LogP contribution in [0.5, 0.6) is 0 Å². The third kappa shape index (κ3) is 4.19. The van der Waals surface area contributed by atoms with Crippen LogP contribution >= 0.6 is 0 Å². The minimum absolute atomic E-state index is 0.467. The Hall–Kier alpha value is -0.761. The molecule has 1 aromatic carbocycles. The topological polar surface area (TPSA) is 12.5 Å². The fraction of sp³-hybridized carbons (Fsp3) is 0.429. The molecule has 0 bridgehead atoms. The van der Waals surface area contributed by atoms with Gasteiger partial charge in [-0.25, -0.2) is 0 Å². The molecule has 1 fully saturated rings. The Morgan fingerprint density at radius 3 is 2.65 bits per heavy atom. The van der Waals surface area contributed by atoms with Gasteiger partial charge in [0.1, 0.15) is 0 Å². The fourth-order valence-corrected chi connectivity index (χ4v) is 3.72. The van der Waals surface area contributed by atoms with E-state index in [-0.39, 0.29) is 0 Å². The second-order valence-corrected chi connectivity index (χ2v) is 6.53. The molecule has 0 atom stereocenters. The van der Waals surface area contributed by atoms with Gasteiger partial charge in [-0.1, -0.05) is 0 Å². The molecular formula is C14H19NOSe. The SMILES string of the molecule is CC/C(=C\N1CCOCC1)[Se]c1ccccc1. The maximum atomic E-state index is 5.37. The van der Waals surface area contributed by atoms with Crippen molar-refractivity contribution in [2.75, 3.05) is 26.3 Å². The van der Waals surface area contributed by atoms with Gasteiger partial charge < -0.3 is 0 Å². The number of nitrogens with zero attached hydrogens (tertiary/aromatic N) is 1. The molecule has 3 heteroatoms. The van der Waals surface area contributed by atoms with Crippen molar-refractivity contribution in [3.8, 4) is 0 Å². The first-order valence-corrected chi connectivity index (χ1v) is 7.85. The van der Waals surface area contributed by atoms with E-state index in [2.05, 4.69) is 48.4 Å². The average molecular weight is 296 g/mol. The van der Waals surface area contributed by atoms with Crippen molar-refractivity contribution < 1.29 is 4.74 Å². The predicted molar refractivity (Wildman–Crippen MR) is 72.6 cm³/mol. The van der Waals surface area contributed by atoms with E-state index >= 15 is 0 Å². The number of rotatable bonds is 4. The third-order valence-corrected chi connectivity index (χ3v) is 5.16. The second kappa shape index (κ2) is 6.85. The van der Waals surface area contributed by atoms with Gasteiger partial charge in [-0.3, -0.25) is 0 Å². The number of allylic oxidation sites excluding steroid dienone is 1. The number of hydrogen-bond donors (Lipinski definition) is 0. The van der Waals surface area contributed by atoms with Crippen molar-refractivity contribution in [2.24, 2.45) is 0 Å². The molecule has 1 aliphatic heterocycles. The van der Waals surface area contributed by atoms with E-state index in [0.29, 0.717) is 15.0 Å². The monoisotopic (exact) mass is 297 g/mol. The van der Waals surface area contributed by atoms with Crippen LogP contribution in [0.2, 0.25) is 0 Å². The van der Waals surface area contributed by atoms with Crippen LogP contribution in [-0.4, -0.2) is 46.2 Å². The molecule has 92 valence electrons. The van der Waals surface area contributed by atoms with E-state index in [1.807, 2.05) is 0 Å². The molecule has 1 saturated heterocycles. The summed E-state index contributed by atoms with van der Waals surface area (Å²) in [5.41, 5.74) is 0. The van der Waals surface area contributed by atoms with Gasteiger partial charge in [0.05, 0.1) is 0 Å². The molecule has 0 spiro atoms. The average Bonchev–Trinajstić information content (AvgIpc) is 2.40. The second-order valence-electron chi connectivity index (χ2n) is 4.01. The molecule has 1 aliphatic rings. The molecule has 0 saturated carbocycles. The zero-order valence-electron chi connectivity index (χ0n) is 10.3. The van der Waals surface area contributed by atoms with Crippen LogP contribution in [0.3, 0.4) is 0 Å². The van der Waals surface area contributed by atoms with Crippen molar-refractivity contribution in [1.29, 1.82) is 0 Å². The summed E-state index contributed by atoms with van der Waals surface area (Å²) in [7, 11) is 0. The molecule has 0 radical (unpaired) electrons. The molecule has 0 aliphatic carbocycles. The first-order chi connectivity index (χ1) is 8.38. The van der Waals surface area contributed by atoms with Crippen LogP contribution in [0, 0.1) is 0 Å². The van der Waals surface area contributed by atoms with E-state index in [4.69, 9.17) is 4.74 Å². The van der Waals surface area contributed by atoms with Gasteiger partial charge in [-0.05, 0) is 0 Å². The zero-order valence-corrected chi connectivity index (χ0v) is 12.0. The molecule has 1 heterocycles. The summed E-state index contributed by atoms with van der Waals surface area (Å²) >= 11 is 0.467. The van der Waals surface area contributed by atoms with Gasteiger partial charge in [0.25, 0.3) is 0 Å². The zero-order chi connectivity index (χ0) is 11.9. The first-order valence-electron chi connectivity index (χ1n) is 6.14. The summed E-state index contributed by atoms with van der Waals surface area (Å²) in [6, 6.07) is 10.8. The molecule has 1 aromatic rings. The maximum absolute atomic E-state index is 5.37. The van der Waals surface area contributed by atoms with Crippen molar-refractivity contribution in [2.45, 2.75) is 13.3 Å². The van der Waals surface area contributed by atoms with Gasteiger partial charge in [0.15, 0.2) is 0 Å². The minimum atomic E-state index is 0.467. The molecular weight excluding hydrogens is 277 g/mol. The quantitative estimate of drug-likeness (QED) is 0.783. The van der Waals surface area contributed by atoms with Gasteiger partial charge >= 0.3 is 110 Å². The molecule has 2 rings (SSSR count). The van der Waals surface area contributed by atoms with E-state index in [1.165, 1.54) is 4.46 Å². The van der Waals surface area contributed by atoms with Gasteiger partial charge in [0, 0.05) is 0 Å². The molecule has 0 amide bonds. The molecule has 2 nitrogen and oxygen atoms in total. The van der Waals surface area contributed by atoms with Crippen LogP contribution in [0.15, 0.2) is 41.0 Å².